The Kier molecular flexibility index (Phi) is 8.96. The van der Waals surface area contributed by atoms with Crippen molar-refractivity contribution in [2.45, 2.75) is 56.9 Å². The van der Waals surface area contributed by atoms with Gasteiger partial charge in [-0.25, -0.2) is 13.1 Å². The largest absolute Gasteiger partial charge is 0.394 e. The highest BCUT2D eigenvalue weighted by molar-refractivity contribution is 7.89. The van der Waals surface area contributed by atoms with Gasteiger partial charge in [0.15, 0.2) is 0 Å². The molecule has 0 unspecified atom stereocenters. The van der Waals surface area contributed by atoms with Crippen LogP contribution in [0.25, 0.3) is 0 Å². The molecule has 11 nitrogen and oxygen atoms in total. The van der Waals surface area contributed by atoms with Crippen molar-refractivity contribution in [3.8, 4) is 6.07 Å². The van der Waals surface area contributed by atoms with E-state index in [1.807, 2.05) is 13.0 Å². The molecule has 0 spiro atoms. The number of likely N-dealkylation sites (N-methyl/N-ethyl adjacent to an activating group) is 1. The van der Waals surface area contributed by atoms with E-state index in [9.17, 15) is 23.6 Å². The first-order valence-electron chi connectivity index (χ1n) is 11.5. The molecule has 1 N–H and O–H groups in total. The molecule has 1 aliphatic rings. The van der Waals surface area contributed by atoms with Gasteiger partial charge in [0.25, 0.3) is 0 Å². The molecular weight excluding hydrogens is 472 g/mol. The van der Waals surface area contributed by atoms with Crippen LogP contribution in [0.1, 0.15) is 37.9 Å². The first-order chi connectivity index (χ1) is 16.7. The van der Waals surface area contributed by atoms with Gasteiger partial charge < -0.3 is 14.7 Å². The van der Waals surface area contributed by atoms with Crippen LogP contribution in [0, 0.1) is 17.2 Å². The quantitative estimate of drug-likeness (QED) is 0.614. The molecular formula is C23H32N6O5S. The number of aliphatic hydroxyl groups is 1. The lowest BCUT2D eigenvalue weighted by Crippen LogP contribution is -2.48. The molecule has 0 radical (unpaired) electrons. The van der Waals surface area contributed by atoms with E-state index in [0.717, 1.165) is 5.69 Å². The summed E-state index contributed by atoms with van der Waals surface area (Å²) in [5.74, 6) is -0.358. The van der Waals surface area contributed by atoms with Crippen LogP contribution < -0.4 is 0 Å². The van der Waals surface area contributed by atoms with E-state index in [2.05, 4.69) is 10.3 Å². The van der Waals surface area contributed by atoms with Gasteiger partial charge in [0.1, 0.15) is 6.07 Å². The van der Waals surface area contributed by atoms with Crippen LogP contribution in [0.2, 0.25) is 0 Å². The van der Waals surface area contributed by atoms with E-state index in [4.69, 9.17) is 4.74 Å². The van der Waals surface area contributed by atoms with Gasteiger partial charge in [0, 0.05) is 39.0 Å². The topological polar surface area (TPSA) is 142 Å². The molecule has 0 bridgehead atoms. The van der Waals surface area contributed by atoms with Gasteiger partial charge in [0.05, 0.1) is 47.7 Å². The van der Waals surface area contributed by atoms with E-state index in [1.165, 1.54) is 23.5 Å². The second-order valence-electron chi connectivity index (χ2n) is 8.85. The monoisotopic (exact) mass is 504 g/mol. The number of sulfonamides is 1. The highest BCUT2D eigenvalue weighted by Crippen LogP contribution is 2.22. The van der Waals surface area contributed by atoms with Crippen LogP contribution in [-0.4, -0.2) is 82.5 Å². The molecule has 2 aromatic rings. The van der Waals surface area contributed by atoms with Gasteiger partial charge >= 0.3 is 0 Å². The molecule has 190 valence electrons. The van der Waals surface area contributed by atoms with Gasteiger partial charge in [-0.15, -0.1) is 5.10 Å². The van der Waals surface area contributed by atoms with Crippen LogP contribution >= 0.6 is 0 Å². The number of nitrogens with zero attached hydrogens (tertiary/aromatic N) is 6. The number of ether oxygens (including phenoxy) is 1. The van der Waals surface area contributed by atoms with Crippen LogP contribution in [0.3, 0.4) is 0 Å². The maximum Gasteiger partial charge on any atom is 0.244 e. The zero-order chi connectivity index (χ0) is 25.6. The Hall–Kier alpha value is -2.85. The third-order valence-corrected chi connectivity index (χ3v) is 8.15. The van der Waals surface area contributed by atoms with Crippen molar-refractivity contribution < 1.29 is 23.1 Å². The number of benzene rings is 1. The maximum absolute atomic E-state index is 13.3. The summed E-state index contributed by atoms with van der Waals surface area (Å²) in [5, 5.41) is 27.1. The van der Waals surface area contributed by atoms with Crippen molar-refractivity contribution in [2.24, 2.45) is 5.92 Å². The van der Waals surface area contributed by atoms with Crippen molar-refractivity contribution >= 4 is 15.9 Å². The van der Waals surface area contributed by atoms with E-state index in [-0.39, 0.29) is 48.1 Å². The van der Waals surface area contributed by atoms with Crippen LogP contribution in [0.4, 0.5) is 0 Å². The summed E-state index contributed by atoms with van der Waals surface area (Å²) >= 11 is 0. The number of fused-ring (bicyclic) bond motifs is 1. The zero-order valence-electron chi connectivity index (χ0n) is 20.2. The highest BCUT2D eigenvalue weighted by Gasteiger charge is 2.32. The molecule has 0 fully saturated rings. The predicted octanol–water partition coefficient (Wildman–Crippen LogP) is 0.995. The molecule has 2 heterocycles. The van der Waals surface area contributed by atoms with Crippen molar-refractivity contribution in [3.05, 3.63) is 41.7 Å². The Balaban J connectivity index is 1.90. The minimum Gasteiger partial charge on any atom is -0.394 e. The van der Waals surface area contributed by atoms with E-state index < -0.39 is 16.1 Å². The molecule has 1 amide bonds. The zero-order valence-corrected chi connectivity index (χ0v) is 21.1. The average molecular weight is 505 g/mol. The number of aliphatic hydroxyl groups excluding tert-OH is 1. The fraction of sp³-hybridized carbons (Fsp3) is 0.565. The number of aromatic nitrogens is 3. The first-order valence-corrected chi connectivity index (χ1v) is 13.0. The molecule has 3 rings (SSSR count). The summed E-state index contributed by atoms with van der Waals surface area (Å²) in [6.45, 7) is 4.44. The molecule has 0 aliphatic carbocycles. The Morgan fingerprint density at radius 2 is 2.11 bits per heavy atom. The van der Waals surface area contributed by atoms with Gasteiger partial charge in [-0.1, -0.05) is 24.3 Å². The number of aryl methyl sites for hydroxylation is 1. The average Bonchev–Trinajstić information content (AvgIpc) is 3.30. The summed E-state index contributed by atoms with van der Waals surface area (Å²) in [5.41, 5.74) is 0.798. The number of amides is 1. The van der Waals surface area contributed by atoms with Crippen molar-refractivity contribution in [2.75, 3.05) is 26.7 Å². The summed E-state index contributed by atoms with van der Waals surface area (Å²) in [7, 11) is -2.52. The number of rotatable bonds is 6. The fourth-order valence-electron chi connectivity index (χ4n) is 4.05. The standard InChI is InChI=1S/C23H32N6O5S/c1-17-13-28(18(2)15-30)23(31)9-6-10-29-20(12-25-26-29)16-34-21(17)14-27(3)35(32,33)22-8-5-4-7-19(22)11-24/h4-5,7-8,12,17-18,21,30H,6,9-10,13-16H2,1-3H3/t17-,18-,21+/m1/s1. The molecule has 35 heavy (non-hydrogen) atoms. The Bertz CT molecular complexity index is 1160. The number of carbonyl (C=O) groups is 1. The molecule has 3 atom stereocenters. The molecule has 1 aliphatic heterocycles. The lowest BCUT2D eigenvalue weighted by atomic mass is 10.0. The number of hydrogen-bond donors (Lipinski definition) is 1. The van der Waals surface area contributed by atoms with E-state index in [0.29, 0.717) is 25.9 Å². The maximum atomic E-state index is 13.3. The Morgan fingerprint density at radius 1 is 1.37 bits per heavy atom. The number of carbonyl (C=O) groups excluding carboxylic acids is 1. The molecule has 0 saturated carbocycles. The normalized spacial score (nSPS) is 21.0. The van der Waals surface area contributed by atoms with E-state index >= 15 is 0 Å². The summed E-state index contributed by atoms with van der Waals surface area (Å²) < 4.78 is 35.6. The molecule has 1 aromatic carbocycles. The van der Waals surface area contributed by atoms with Gasteiger partial charge in [-0.3, -0.25) is 4.79 Å². The molecule has 1 aromatic heterocycles. The van der Waals surface area contributed by atoms with Crippen molar-refractivity contribution in [1.29, 1.82) is 5.26 Å². The fourth-order valence-corrected chi connectivity index (χ4v) is 5.37. The second-order valence-corrected chi connectivity index (χ2v) is 10.9. The first kappa shape index (κ1) is 26.7. The summed E-state index contributed by atoms with van der Waals surface area (Å²) in [6.07, 6.45) is 1.87. The van der Waals surface area contributed by atoms with Gasteiger partial charge in [-0.05, 0) is 25.5 Å². The summed E-state index contributed by atoms with van der Waals surface area (Å²) in [6, 6.07) is 7.60. The third kappa shape index (κ3) is 6.24. The Labute approximate surface area is 205 Å². The number of hydrogen-bond acceptors (Lipinski definition) is 8. The van der Waals surface area contributed by atoms with Crippen molar-refractivity contribution in [1.82, 2.24) is 24.2 Å². The second kappa shape index (κ2) is 11.7. The van der Waals surface area contributed by atoms with Gasteiger partial charge in [-0.2, -0.15) is 9.57 Å². The molecule has 0 saturated heterocycles. The summed E-state index contributed by atoms with van der Waals surface area (Å²) in [4.78, 5) is 14.5. The minimum atomic E-state index is -3.97. The predicted molar refractivity (Wildman–Crippen MR) is 126 cm³/mol. The van der Waals surface area contributed by atoms with Gasteiger partial charge in [0.2, 0.25) is 15.9 Å². The third-order valence-electron chi connectivity index (χ3n) is 6.27. The van der Waals surface area contributed by atoms with Crippen LogP contribution in [-0.2, 0) is 32.7 Å². The highest BCUT2D eigenvalue weighted by atomic mass is 32.2. The van der Waals surface area contributed by atoms with E-state index in [1.54, 1.807) is 34.8 Å². The SMILES string of the molecule is C[C@@H]1CN([C@H](C)CO)C(=O)CCCn2nncc2CO[C@H]1CN(C)S(=O)(=O)c1ccccc1C#N. The Morgan fingerprint density at radius 3 is 2.83 bits per heavy atom. The minimum absolute atomic E-state index is 0.000362. The smallest absolute Gasteiger partial charge is 0.244 e. The lowest BCUT2D eigenvalue weighted by Gasteiger charge is -2.35. The molecule has 12 heteroatoms. The van der Waals surface area contributed by atoms with Crippen LogP contribution in [0.5, 0.6) is 0 Å². The lowest BCUT2D eigenvalue weighted by molar-refractivity contribution is -0.136. The number of nitriles is 1. The van der Waals surface area contributed by atoms with Crippen molar-refractivity contribution in [3.63, 3.8) is 0 Å². The van der Waals surface area contributed by atoms with Crippen LogP contribution in [0.15, 0.2) is 35.4 Å².